The minimum absolute atomic E-state index is 0.0538. The lowest BCUT2D eigenvalue weighted by Gasteiger charge is -2.21. The van der Waals surface area contributed by atoms with Crippen molar-refractivity contribution in [3.63, 3.8) is 0 Å². The molecule has 35 heavy (non-hydrogen) atoms. The van der Waals surface area contributed by atoms with Crippen LogP contribution in [0.1, 0.15) is 39.8 Å². The average molecular weight is 469 g/mol. The van der Waals surface area contributed by atoms with Crippen LogP contribution in [0.2, 0.25) is 0 Å². The Morgan fingerprint density at radius 3 is 2.00 bits per heavy atom. The maximum Gasteiger partial charge on any atom is 0.135 e. The maximum absolute atomic E-state index is 10.4. The summed E-state index contributed by atoms with van der Waals surface area (Å²) in [6.45, 7) is 0. The van der Waals surface area contributed by atoms with Crippen LogP contribution < -0.4 is 9.47 Å². The lowest BCUT2D eigenvalue weighted by atomic mass is 9.82. The van der Waals surface area contributed by atoms with E-state index in [1.54, 1.807) is 55.6 Å². The number of phenolic OH excluding ortho intramolecular Hbond substituents is 4. The monoisotopic (exact) mass is 468 g/mol. The Kier molecular flexibility index (Phi) is 5.71. The van der Waals surface area contributed by atoms with Gasteiger partial charge in [0.05, 0.1) is 13.0 Å². The van der Waals surface area contributed by atoms with Gasteiger partial charge in [-0.25, -0.2) is 0 Å². The normalized spacial score (nSPS) is 16.7. The molecule has 6 nitrogen and oxygen atoms in total. The molecule has 0 unspecified atom stereocenters. The van der Waals surface area contributed by atoms with Crippen LogP contribution in [0.3, 0.4) is 0 Å². The third kappa shape index (κ3) is 4.46. The van der Waals surface area contributed by atoms with Crippen molar-refractivity contribution in [3.8, 4) is 34.5 Å². The van der Waals surface area contributed by atoms with Gasteiger partial charge in [-0.15, -0.1) is 0 Å². The molecule has 4 N–H and O–H groups in total. The van der Waals surface area contributed by atoms with Crippen molar-refractivity contribution >= 4 is 12.2 Å². The van der Waals surface area contributed by atoms with Crippen molar-refractivity contribution in [2.45, 2.75) is 12.0 Å². The first-order chi connectivity index (χ1) is 16.9. The molecule has 0 bridgehead atoms. The van der Waals surface area contributed by atoms with Crippen molar-refractivity contribution in [1.29, 1.82) is 0 Å². The summed E-state index contributed by atoms with van der Waals surface area (Å²) < 4.78 is 11.7. The van der Waals surface area contributed by atoms with Crippen molar-refractivity contribution in [2.24, 2.45) is 0 Å². The molecule has 0 saturated heterocycles. The van der Waals surface area contributed by atoms with Crippen LogP contribution in [0.4, 0.5) is 0 Å². The largest absolute Gasteiger partial charge is 0.508 e. The van der Waals surface area contributed by atoms with Gasteiger partial charge in [0.2, 0.25) is 0 Å². The second-order valence-electron chi connectivity index (χ2n) is 8.44. The van der Waals surface area contributed by atoms with Gasteiger partial charge < -0.3 is 29.9 Å². The first-order valence-corrected chi connectivity index (χ1v) is 11.1. The molecule has 4 aromatic rings. The van der Waals surface area contributed by atoms with Gasteiger partial charge in [0.1, 0.15) is 40.6 Å². The highest BCUT2D eigenvalue weighted by atomic mass is 16.5. The van der Waals surface area contributed by atoms with E-state index in [-0.39, 0.29) is 28.9 Å². The summed E-state index contributed by atoms with van der Waals surface area (Å²) in [4.78, 5) is 0. The van der Waals surface area contributed by atoms with Crippen LogP contribution in [0, 0.1) is 0 Å². The Morgan fingerprint density at radius 1 is 0.686 bits per heavy atom. The quantitative estimate of drug-likeness (QED) is 0.270. The van der Waals surface area contributed by atoms with Gasteiger partial charge in [0, 0.05) is 17.7 Å². The molecule has 0 aromatic heterocycles. The minimum atomic E-state index is -0.472. The van der Waals surface area contributed by atoms with E-state index in [2.05, 4.69) is 0 Å². The maximum atomic E-state index is 10.4. The van der Waals surface area contributed by atoms with Crippen LogP contribution in [-0.4, -0.2) is 27.5 Å². The zero-order valence-corrected chi connectivity index (χ0v) is 18.9. The highest BCUT2D eigenvalue weighted by Crippen LogP contribution is 2.53. The number of methoxy groups -OCH3 is 1. The molecule has 1 heterocycles. The summed E-state index contributed by atoms with van der Waals surface area (Å²) in [6.07, 6.45) is 3.28. The molecular weight excluding hydrogens is 444 g/mol. The van der Waals surface area contributed by atoms with E-state index in [0.29, 0.717) is 17.1 Å². The van der Waals surface area contributed by atoms with Gasteiger partial charge in [-0.05, 0) is 64.7 Å². The number of hydrogen-bond donors (Lipinski definition) is 4. The summed E-state index contributed by atoms with van der Waals surface area (Å²) >= 11 is 0. The molecule has 2 atom stereocenters. The van der Waals surface area contributed by atoms with E-state index in [1.165, 1.54) is 6.07 Å². The van der Waals surface area contributed by atoms with Gasteiger partial charge in [0.15, 0.2) is 0 Å². The Hall–Kier alpha value is -4.58. The Morgan fingerprint density at radius 2 is 1.34 bits per heavy atom. The first kappa shape index (κ1) is 22.2. The Balaban J connectivity index is 1.65. The number of fused-ring (bicyclic) bond motifs is 1. The third-order valence-electron chi connectivity index (χ3n) is 6.10. The van der Waals surface area contributed by atoms with Crippen molar-refractivity contribution < 1.29 is 29.9 Å². The Labute approximate surface area is 202 Å². The average Bonchev–Trinajstić information content (AvgIpc) is 3.22. The molecule has 0 fully saturated rings. The molecule has 0 radical (unpaired) electrons. The summed E-state index contributed by atoms with van der Waals surface area (Å²) in [5, 5.41) is 40.4. The molecule has 0 spiro atoms. The molecule has 5 rings (SSSR count). The number of phenols is 4. The lowest BCUT2D eigenvalue weighted by molar-refractivity contribution is 0.221. The van der Waals surface area contributed by atoms with E-state index >= 15 is 0 Å². The third-order valence-corrected chi connectivity index (χ3v) is 6.10. The van der Waals surface area contributed by atoms with Crippen LogP contribution in [-0.2, 0) is 0 Å². The van der Waals surface area contributed by atoms with Crippen LogP contribution >= 0.6 is 0 Å². The van der Waals surface area contributed by atoms with Crippen LogP contribution in [0.25, 0.3) is 12.2 Å². The molecule has 0 amide bonds. The fraction of sp³-hybridized carbons (Fsp3) is 0.103. The standard InChI is InChI=1S/C29H24O6/c1-34-25-10-6-18(7-11-25)29-28(20-13-22(31)15-23(32)14-20)27-19(12-24(33)16-26(27)35-29)5-2-17-3-8-21(30)9-4-17/h2-16,28-33H,1H3/t28-,29+/m0/s1. The van der Waals surface area contributed by atoms with Crippen LogP contribution in [0.5, 0.6) is 34.5 Å². The van der Waals surface area contributed by atoms with Crippen LogP contribution in [0.15, 0.2) is 78.9 Å². The van der Waals surface area contributed by atoms with Gasteiger partial charge in [-0.2, -0.15) is 0 Å². The molecule has 0 saturated carbocycles. The number of hydrogen-bond acceptors (Lipinski definition) is 6. The lowest BCUT2D eigenvalue weighted by Crippen LogP contribution is -2.12. The first-order valence-electron chi connectivity index (χ1n) is 11.1. The van der Waals surface area contributed by atoms with Gasteiger partial charge >= 0.3 is 0 Å². The molecule has 6 heteroatoms. The Bertz CT molecular complexity index is 1370. The van der Waals surface area contributed by atoms with E-state index in [4.69, 9.17) is 9.47 Å². The number of aromatic hydroxyl groups is 4. The fourth-order valence-electron chi connectivity index (χ4n) is 4.52. The highest BCUT2D eigenvalue weighted by molar-refractivity contribution is 5.75. The number of benzene rings is 4. The summed E-state index contributed by atoms with van der Waals surface area (Å²) in [5.41, 5.74) is 3.98. The second kappa shape index (κ2) is 8.99. The molecule has 4 aromatic carbocycles. The molecule has 1 aliphatic rings. The van der Waals surface area contributed by atoms with E-state index in [1.807, 2.05) is 36.4 Å². The predicted octanol–water partition coefficient (Wildman–Crippen LogP) is 5.95. The van der Waals surface area contributed by atoms with E-state index in [9.17, 15) is 20.4 Å². The highest BCUT2D eigenvalue weighted by Gasteiger charge is 2.39. The molecule has 1 aliphatic heterocycles. The summed E-state index contributed by atoms with van der Waals surface area (Å²) in [5.74, 6) is 0.983. The zero-order valence-electron chi connectivity index (χ0n) is 18.9. The molecule has 0 aliphatic carbocycles. The predicted molar refractivity (Wildman–Crippen MR) is 133 cm³/mol. The van der Waals surface area contributed by atoms with E-state index < -0.39 is 6.10 Å². The smallest absolute Gasteiger partial charge is 0.135 e. The zero-order chi connectivity index (χ0) is 24.5. The number of rotatable bonds is 5. The minimum Gasteiger partial charge on any atom is -0.508 e. The summed E-state index contributed by atoms with van der Waals surface area (Å²) in [6, 6.07) is 22.0. The molecule has 176 valence electrons. The molecular formula is C29H24O6. The topological polar surface area (TPSA) is 99.4 Å². The summed E-state index contributed by atoms with van der Waals surface area (Å²) in [7, 11) is 1.60. The van der Waals surface area contributed by atoms with Gasteiger partial charge in [-0.1, -0.05) is 36.4 Å². The second-order valence-corrected chi connectivity index (χ2v) is 8.44. The fourth-order valence-corrected chi connectivity index (χ4v) is 4.52. The van der Waals surface area contributed by atoms with Gasteiger partial charge in [-0.3, -0.25) is 0 Å². The van der Waals surface area contributed by atoms with Crippen molar-refractivity contribution in [3.05, 3.63) is 107 Å². The number of ether oxygens (including phenoxy) is 2. The van der Waals surface area contributed by atoms with Crippen molar-refractivity contribution in [1.82, 2.24) is 0 Å². The van der Waals surface area contributed by atoms with Gasteiger partial charge in [0.25, 0.3) is 0 Å². The van der Waals surface area contributed by atoms with E-state index in [0.717, 1.165) is 22.3 Å². The SMILES string of the molecule is COc1ccc([C@H]2Oc3cc(O)cc(C=Cc4ccc(O)cc4)c3[C@@H]2c2cc(O)cc(O)c2)cc1. The van der Waals surface area contributed by atoms with Crippen molar-refractivity contribution in [2.75, 3.05) is 7.11 Å².